The second kappa shape index (κ2) is 9.26. The van der Waals surface area contributed by atoms with Gasteiger partial charge in [-0.25, -0.2) is 0 Å². The lowest BCUT2D eigenvalue weighted by molar-refractivity contribution is -0.126. The smallest absolute Gasteiger partial charge is 0.149 e. The van der Waals surface area contributed by atoms with Crippen LogP contribution in [0.25, 0.3) is 0 Å². The monoisotopic (exact) mass is 255 g/mol. The quantitative estimate of drug-likeness (QED) is 0.445. The Balaban J connectivity index is 4.53. The van der Waals surface area contributed by atoms with Crippen molar-refractivity contribution in [3.05, 3.63) is 0 Å². The van der Waals surface area contributed by atoms with Crippen molar-refractivity contribution >= 4 is 12.1 Å². The number of unbranched alkanes of at least 4 members (excludes halogenated alkanes) is 2. The molecule has 0 aliphatic heterocycles. The van der Waals surface area contributed by atoms with Crippen LogP contribution < -0.4 is 0 Å². The molecule has 18 heavy (non-hydrogen) atoms. The molecule has 0 radical (unpaired) electrons. The van der Waals surface area contributed by atoms with E-state index in [1.165, 1.54) is 0 Å². The number of aldehydes is 1. The fourth-order valence-corrected chi connectivity index (χ4v) is 2.30. The van der Waals surface area contributed by atoms with Gasteiger partial charge < -0.3 is 4.79 Å². The lowest BCUT2D eigenvalue weighted by atomic mass is 9.99. The second-order valence-electron chi connectivity index (χ2n) is 5.30. The summed E-state index contributed by atoms with van der Waals surface area (Å²) in [7, 11) is 0. The summed E-state index contributed by atoms with van der Waals surface area (Å²) in [6.07, 6.45) is 4.80. The predicted octanol–water partition coefficient (Wildman–Crippen LogP) is 3.07. The third kappa shape index (κ3) is 5.30. The average molecular weight is 255 g/mol. The van der Waals surface area contributed by atoms with Gasteiger partial charge in [-0.15, -0.1) is 0 Å². The molecule has 3 nitrogen and oxygen atoms in total. The number of ketones is 1. The number of hydrogen-bond acceptors (Lipinski definition) is 3. The molecule has 0 unspecified atom stereocenters. The number of carbonyl (C=O) groups is 2. The summed E-state index contributed by atoms with van der Waals surface area (Å²) < 4.78 is 0. The zero-order valence-electron chi connectivity index (χ0n) is 12.6. The Labute approximate surface area is 112 Å². The van der Waals surface area contributed by atoms with Gasteiger partial charge in [-0.1, -0.05) is 40.5 Å². The highest BCUT2D eigenvalue weighted by molar-refractivity contribution is 5.84. The van der Waals surface area contributed by atoms with E-state index >= 15 is 0 Å². The van der Waals surface area contributed by atoms with Crippen molar-refractivity contribution in [2.45, 2.75) is 72.4 Å². The van der Waals surface area contributed by atoms with Crippen LogP contribution in [0.1, 0.15) is 60.3 Å². The van der Waals surface area contributed by atoms with Crippen LogP contribution in [-0.4, -0.2) is 35.6 Å². The first-order valence-electron chi connectivity index (χ1n) is 7.23. The first-order valence-corrected chi connectivity index (χ1v) is 7.23. The van der Waals surface area contributed by atoms with Gasteiger partial charge in [0.2, 0.25) is 0 Å². The van der Waals surface area contributed by atoms with Gasteiger partial charge in [0, 0.05) is 6.42 Å². The van der Waals surface area contributed by atoms with Crippen LogP contribution in [0, 0.1) is 5.92 Å². The molecule has 0 saturated heterocycles. The van der Waals surface area contributed by atoms with Crippen LogP contribution in [0.2, 0.25) is 0 Å². The first kappa shape index (κ1) is 17.3. The highest BCUT2D eigenvalue weighted by atomic mass is 16.1. The SMILES string of the molecule is CCCCCC(=O)[C@@H](C)N(CC)[C@H](C=O)C(C)C. The van der Waals surface area contributed by atoms with E-state index in [4.69, 9.17) is 0 Å². The minimum atomic E-state index is -0.153. The standard InChI is InChI=1S/C15H29NO2/c1-6-8-9-10-15(18)13(5)16(7-2)14(11-17)12(3)4/h11-14H,6-10H2,1-5H3/t13-,14-/m1/s1. The van der Waals surface area contributed by atoms with Gasteiger partial charge in [-0.2, -0.15) is 0 Å². The summed E-state index contributed by atoms with van der Waals surface area (Å²) in [6, 6.07) is -0.301. The van der Waals surface area contributed by atoms with Gasteiger partial charge in [0.15, 0.2) is 0 Å². The molecule has 0 heterocycles. The molecular formula is C15H29NO2. The minimum absolute atomic E-state index is 0.149. The first-order chi connectivity index (χ1) is 8.49. The Morgan fingerprint density at radius 1 is 1.17 bits per heavy atom. The molecular weight excluding hydrogens is 226 g/mol. The highest BCUT2D eigenvalue weighted by Crippen LogP contribution is 2.15. The Morgan fingerprint density at radius 3 is 2.17 bits per heavy atom. The van der Waals surface area contributed by atoms with Gasteiger partial charge in [-0.05, 0) is 25.8 Å². The number of hydrogen-bond donors (Lipinski definition) is 0. The van der Waals surface area contributed by atoms with Crippen molar-refractivity contribution in [3.63, 3.8) is 0 Å². The minimum Gasteiger partial charge on any atom is -0.302 e. The van der Waals surface area contributed by atoms with E-state index in [0.29, 0.717) is 6.42 Å². The van der Waals surface area contributed by atoms with E-state index in [9.17, 15) is 9.59 Å². The van der Waals surface area contributed by atoms with Gasteiger partial charge in [0.05, 0.1) is 12.1 Å². The lowest BCUT2D eigenvalue weighted by Gasteiger charge is -2.34. The normalized spacial score (nSPS) is 14.8. The van der Waals surface area contributed by atoms with Gasteiger partial charge in [0.25, 0.3) is 0 Å². The molecule has 0 aliphatic carbocycles. The maximum absolute atomic E-state index is 12.1. The van der Waals surface area contributed by atoms with Gasteiger partial charge in [-0.3, -0.25) is 9.69 Å². The Bertz CT molecular complexity index is 251. The fraction of sp³-hybridized carbons (Fsp3) is 0.867. The Kier molecular flexibility index (Phi) is 8.90. The number of Topliss-reactive ketones (excluding diaryl/α,β-unsaturated/α-hetero) is 1. The van der Waals surface area contributed by atoms with Crippen molar-refractivity contribution < 1.29 is 9.59 Å². The third-order valence-corrected chi connectivity index (χ3v) is 3.56. The third-order valence-electron chi connectivity index (χ3n) is 3.56. The van der Waals surface area contributed by atoms with Crippen LogP contribution in [0.3, 0.4) is 0 Å². The average Bonchev–Trinajstić information content (AvgIpc) is 2.34. The van der Waals surface area contributed by atoms with Crippen LogP contribution >= 0.6 is 0 Å². The van der Waals surface area contributed by atoms with Crippen LogP contribution in [-0.2, 0) is 9.59 Å². The van der Waals surface area contributed by atoms with Crippen LogP contribution in [0.4, 0.5) is 0 Å². The molecule has 106 valence electrons. The van der Waals surface area contributed by atoms with Crippen molar-refractivity contribution in [3.8, 4) is 0 Å². The highest BCUT2D eigenvalue weighted by Gasteiger charge is 2.27. The molecule has 0 aromatic heterocycles. The number of rotatable bonds is 10. The predicted molar refractivity (Wildman–Crippen MR) is 75.7 cm³/mol. The molecule has 0 aliphatic rings. The largest absolute Gasteiger partial charge is 0.302 e. The zero-order valence-corrected chi connectivity index (χ0v) is 12.6. The molecule has 0 aromatic rings. The summed E-state index contributed by atoms with van der Waals surface area (Å²) in [5.74, 6) is 0.506. The zero-order chi connectivity index (χ0) is 14.1. The molecule has 0 fully saturated rings. The van der Waals surface area contributed by atoms with E-state index in [2.05, 4.69) is 6.92 Å². The van der Waals surface area contributed by atoms with Gasteiger partial charge in [0.1, 0.15) is 12.1 Å². The van der Waals surface area contributed by atoms with E-state index in [-0.39, 0.29) is 23.8 Å². The van der Waals surface area contributed by atoms with Gasteiger partial charge >= 0.3 is 0 Å². The van der Waals surface area contributed by atoms with E-state index in [1.54, 1.807) is 0 Å². The molecule has 0 aromatic carbocycles. The summed E-state index contributed by atoms with van der Waals surface area (Å²) in [6.45, 7) is 10.9. The molecule has 0 N–H and O–H groups in total. The van der Waals surface area contributed by atoms with Crippen molar-refractivity contribution in [1.82, 2.24) is 4.90 Å². The van der Waals surface area contributed by atoms with E-state index in [0.717, 1.165) is 32.1 Å². The molecule has 2 atom stereocenters. The molecule has 0 rings (SSSR count). The fourth-order valence-electron chi connectivity index (χ4n) is 2.30. The van der Waals surface area contributed by atoms with Crippen LogP contribution in [0.15, 0.2) is 0 Å². The maximum atomic E-state index is 12.1. The number of nitrogens with zero attached hydrogens (tertiary/aromatic N) is 1. The number of likely N-dealkylation sites (N-methyl/N-ethyl adjacent to an activating group) is 1. The topological polar surface area (TPSA) is 37.4 Å². The Morgan fingerprint density at radius 2 is 1.78 bits per heavy atom. The van der Waals surface area contributed by atoms with Crippen molar-refractivity contribution in [1.29, 1.82) is 0 Å². The lowest BCUT2D eigenvalue weighted by Crippen LogP contribution is -2.48. The van der Waals surface area contributed by atoms with E-state index in [1.807, 2.05) is 32.6 Å². The molecule has 0 saturated carbocycles. The number of carbonyl (C=O) groups excluding carboxylic acids is 2. The van der Waals surface area contributed by atoms with Crippen LogP contribution in [0.5, 0.6) is 0 Å². The van der Waals surface area contributed by atoms with Crippen molar-refractivity contribution in [2.75, 3.05) is 6.54 Å². The summed E-state index contributed by atoms with van der Waals surface area (Å²) in [4.78, 5) is 25.3. The van der Waals surface area contributed by atoms with Crippen molar-refractivity contribution in [2.24, 2.45) is 5.92 Å². The Hall–Kier alpha value is -0.700. The second-order valence-corrected chi connectivity index (χ2v) is 5.30. The summed E-state index contributed by atoms with van der Waals surface area (Å²) in [5.41, 5.74) is 0. The van der Waals surface area contributed by atoms with E-state index < -0.39 is 0 Å². The molecule has 0 amide bonds. The molecule has 3 heteroatoms. The molecule has 0 bridgehead atoms. The molecule has 0 spiro atoms. The summed E-state index contributed by atoms with van der Waals surface area (Å²) in [5, 5.41) is 0. The maximum Gasteiger partial charge on any atom is 0.149 e. The summed E-state index contributed by atoms with van der Waals surface area (Å²) >= 11 is 0.